The van der Waals surface area contributed by atoms with E-state index in [0.717, 1.165) is 31.9 Å². The van der Waals surface area contributed by atoms with E-state index in [1.54, 1.807) is 26.2 Å². The van der Waals surface area contributed by atoms with Gasteiger partial charge >= 0.3 is 5.97 Å². The standard InChI is InChI=1S/C16H15N2O3S.C4H9NO/c1-9-13(16(19)21-3)14(12(8-17)15(22)18-9)10-4-6-11(20-2)7-5-10;1-3-6-4-2-5-1/h4-7,14H,1-3H3,(H,18,22);5H,1-4H2/q-1;/p+1. The zero-order chi connectivity index (χ0) is 20.5. The molecule has 1 aromatic rings. The summed E-state index contributed by atoms with van der Waals surface area (Å²) >= 11 is 5.22. The Kier molecular flexibility index (Phi) is 8.35. The summed E-state index contributed by atoms with van der Waals surface area (Å²) in [7, 11) is 2.89. The lowest BCUT2D eigenvalue weighted by atomic mass is 9.81. The van der Waals surface area contributed by atoms with Gasteiger partial charge in [0, 0.05) is 11.3 Å². The van der Waals surface area contributed by atoms with Crippen molar-refractivity contribution in [3.8, 4) is 5.75 Å². The summed E-state index contributed by atoms with van der Waals surface area (Å²) in [6.07, 6.45) is 0. The number of carbonyl (C=O) groups excluding carboxylic acids is 1. The van der Waals surface area contributed by atoms with Gasteiger partial charge in [0.1, 0.15) is 10.7 Å². The molecule has 3 rings (SSSR count). The Hall–Kier alpha value is -2.51. The number of hydrogen-bond acceptors (Lipinski definition) is 5. The van der Waals surface area contributed by atoms with Gasteiger partial charge in [-0.25, -0.2) is 4.79 Å². The van der Waals surface area contributed by atoms with E-state index in [1.165, 1.54) is 7.11 Å². The molecule has 28 heavy (non-hydrogen) atoms. The fraction of sp³-hybridized carbons (Fsp3) is 0.400. The SMILES string of the molecule is C1COCC[NH2+]1.COC(=O)C1=C(C)NC(=S)C(=C=[N-])C1c1ccc(OC)cc1. The monoisotopic (exact) mass is 403 g/mol. The molecule has 8 heteroatoms. The van der Waals surface area contributed by atoms with Gasteiger partial charge in [-0.1, -0.05) is 24.4 Å². The lowest BCUT2D eigenvalue weighted by molar-refractivity contribution is -0.670. The number of hydrogen-bond donors (Lipinski definition) is 2. The minimum absolute atomic E-state index is 0.325. The molecular formula is C20H25N3O4S. The molecular weight excluding hydrogens is 378 g/mol. The van der Waals surface area contributed by atoms with E-state index >= 15 is 0 Å². The number of nitrogens with zero attached hydrogens (tertiary/aromatic N) is 1. The highest BCUT2D eigenvalue weighted by Crippen LogP contribution is 2.37. The molecule has 2 aliphatic heterocycles. The van der Waals surface area contributed by atoms with E-state index in [2.05, 4.69) is 16.5 Å². The maximum atomic E-state index is 12.1. The van der Waals surface area contributed by atoms with Crippen LogP contribution in [0.5, 0.6) is 5.75 Å². The lowest BCUT2D eigenvalue weighted by Crippen LogP contribution is -2.87. The first-order valence-electron chi connectivity index (χ1n) is 8.94. The topological polar surface area (TPSA) is 95.7 Å². The molecule has 150 valence electrons. The number of morpholine rings is 1. The number of benzene rings is 1. The minimum atomic E-state index is -0.544. The average Bonchev–Trinajstić information content (AvgIpc) is 2.74. The molecule has 1 unspecified atom stereocenters. The first kappa shape index (κ1) is 21.8. The molecule has 1 saturated heterocycles. The van der Waals surface area contributed by atoms with Crippen molar-refractivity contribution in [1.82, 2.24) is 5.32 Å². The Bertz CT molecular complexity index is 783. The number of rotatable bonds is 3. The molecule has 1 aromatic carbocycles. The summed E-state index contributed by atoms with van der Waals surface area (Å²) in [5, 5.41) is 14.6. The van der Waals surface area contributed by atoms with Crippen LogP contribution in [-0.2, 0) is 14.3 Å². The van der Waals surface area contributed by atoms with E-state index in [0.29, 0.717) is 27.6 Å². The Morgan fingerprint density at radius 1 is 1.29 bits per heavy atom. The van der Waals surface area contributed by atoms with Crippen LogP contribution >= 0.6 is 12.2 Å². The molecule has 1 fully saturated rings. The van der Waals surface area contributed by atoms with Crippen molar-refractivity contribution in [1.29, 1.82) is 0 Å². The molecule has 7 nitrogen and oxygen atoms in total. The third-order valence-corrected chi connectivity index (χ3v) is 4.76. The van der Waals surface area contributed by atoms with Crippen molar-refractivity contribution in [2.45, 2.75) is 12.8 Å². The number of allylic oxidation sites excluding steroid dienone is 1. The first-order chi connectivity index (χ1) is 13.5. The highest BCUT2D eigenvalue weighted by molar-refractivity contribution is 7.80. The fourth-order valence-electron chi connectivity index (χ4n) is 3.00. The van der Waals surface area contributed by atoms with Crippen LogP contribution in [0.1, 0.15) is 18.4 Å². The van der Waals surface area contributed by atoms with Crippen molar-refractivity contribution in [3.63, 3.8) is 0 Å². The van der Waals surface area contributed by atoms with Gasteiger partial charge in [-0.3, -0.25) is 5.87 Å². The summed E-state index contributed by atoms with van der Waals surface area (Å²) in [5.41, 5.74) is 2.08. The number of esters is 1. The first-order valence-corrected chi connectivity index (χ1v) is 9.35. The smallest absolute Gasteiger partial charge is 0.336 e. The van der Waals surface area contributed by atoms with E-state index < -0.39 is 11.9 Å². The number of quaternary nitrogens is 1. The molecule has 0 bridgehead atoms. The van der Waals surface area contributed by atoms with Gasteiger partial charge in [0.15, 0.2) is 0 Å². The number of nitrogens with two attached hydrogens (primary N) is 1. The summed E-state index contributed by atoms with van der Waals surface area (Å²) in [6, 6.07) is 7.18. The van der Waals surface area contributed by atoms with Crippen LogP contribution < -0.4 is 15.4 Å². The van der Waals surface area contributed by atoms with Crippen molar-refractivity contribution in [3.05, 3.63) is 52.1 Å². The number of methoxy groups -OCH3 is 2. The highest BCUT2D eigenvalue weighted by Gasteiger charge is 2.34. The predicted octanol–water partition coefficient (Wildman–Crippen LogP) is 0.902. The predicted molar refractivity (Wildman–Crippen MR) is 111 cm³/mol. The fourth-order valence-corrected chi connectivity index (χ4v) is 3.32. The van der Waals surface area contributed by atoms with E-state index in [9.17, 15) is 10.2 Å². The van der Waals surface area contributed by atoms with E-state index in [4.69, 9.17) is 26.4 Å². The average molecular weight is 404 g/mol. The largest absolute Gasteiger partial charge is 0.763 e. The molecule has 2 aliphatic rings. The van der Waals surface area contributed by atoms with Crippen molar-refractivity contribution < 1.29 is 24.3 Å². The van der Waals surface area contributed by atoms with Crippen LogP contribution in [0, 0.1) is 0 Å². The zero-order valence-electron chi connectivity index (χ0n) is 16.3. The molecule has 0 amide bonds. The quantitative estimate of drug-likeness (QED) is 0.337. The Morgan fingerprint density at radius 2 is 1.93 bits per heavy atom. The van der Waals surface area contributed by atoms with Crippen LogP contribution in [-0.4, -0.2) is 57.4 Å². The highest BCUT2D eigenvalue weighted by atomic mass is 32.1. The summed E-state index contributed by atoms with van der Waals surface area (Å²) < 4.78 is 15.0. The van der Waals surface area contributed by atoms with Crippen molar-refractivity contribution in [2.75, 3.05) is 40.5 Å². The molecule has 0 spiro atoms. The molecule has 1 atom stereocenters. The molecule has 2 heterocycles. The molecule has 0 aliphatic carbocycles. The Morgan fingerprint density at radius 3 is 2.36 bits per heavy atom. The van der Waals surface area contributed by atoms with Crippen LogP contribution in [0.2, 0.25) is 0 Å². The van der Waals surface area contributed by atoms with Crippen molar-refractivity contribution in [2.24, 2.45) is 0 Å². The molecule has 0 saturated carbocycles. The third kappa shape index (κ3) is 5.27. The number of carbonyl (C=O) groups is 1. The maximum Gasteiger partial charge on any atom is 0.336 e. The van der Waals surface area contributed by atoms with Crippen LogP contribution in [0.4, 0.5) is 0 Å². The molecule has 0 radical (unpaired) electrons. The van der Waals surface area contributed by atoms with Crippen LogP contribution in [0.3, 0.4) is 0 Å². The number of nitrogens with one attached hydrogen (secondary N) is 1. The Balaban J connectivity index is 0.000000397. The van der Waals surface area contributed by atoms with Gasteiger partial charge in [-0.15, -0.1) is 0 Å². The van der Waals surface area contributed by atoms with Crippen LogP contribution in [0.25, 0.3) is 5.41 Å². The second-order valence-corrected chi connectivity index (χ2v) is 6.60. The molecule has 0 aromatic heterocycles. The van der Waals surface area contributed by atoms with Gasteiger partial charge in [0.25, 0.3) is 0 Å². The Labute approximate surface area is 170 Å². The van der Waals surface area contributed by atoms with Gasteiger partial charge in [-0.05, 0) is 24.6 Å². The minimum Gasteiger partial charge on any atom is -0.763 e. The maximum absolute atomic E-state index is 12.1. The van der Waals surface area contributed by atoms with E-state index in [-0.39, 0.29) is 0 Å². The van der Waals surface area contributed by atoms with Gasteiger partial charge in [-0.2, -0.15) is 0 Å². The summed E-state index contributed by atoms with van der Waals surface area (Å²) in [5.74, 6) is 1.76. The van der Waals surface area contributed by atoms with Gasteiger partial charge in [0.2, 0.25) is 0 Å². The number of thiocarbonyl (C=S) groups is 1. The van der Waals surface area contributed by atoms with Crippen molar-refractivity contribution >= 4 is 29.0 Å². The van der Waals surface area contributed by atoms with Crippen LogP contribution in [0.15, 0.2) is 41.1 Å². The normalized spacial score (nSPS) is 19.0. The van der Waals surface area contributed by atoms with Gasteiger partial charge < -0.3 is 30.3 Å². The third-order valence-electron chi connectivity index (χ3n) is 4.43. The zero-order valence-corrected chi connectivity index (χ0v) is 17.1. The summed E-state index contributed by atoms with van der Waals surface area (Å²) in [6.45, 7) is 5.93. The van der Waals surface area contributed by atoms with Gasteiger partial charge in [0.05, 0.1) is 52.0 Å². The second kappa shape index (κ2) is 10.7. The molecule has 3 N–H and O–H groups in total. The van der Waals surface area contributed by atoms with E-state index in [1.807, 2.05) is 12.1 Å². The summed E-state index contributed by atoms with van der Waals surface area (Å²) in [4.78, 5) is 12.5. The number of ether oxygens (including phenoxy) is 3. The lowest BCUT2D eigenvalue weighted by Gasteiger charge is -2.30. The second-order valence-electron chi connectivity index (χ2n) is 6.19.